The Bertz CT molecular complexity index is 639. The predicted molar refractivity (Wildman–Crippen MR) is 75.3 cm³/mol. The van der Waals surface area contributed by atoms with Gasteiger partial charge in [0, 0.05) is 38.6 Å². The molecule has 0 amide bonds. The van der Waals surface area contributed by atoms with Gasteiger partial charge in [0.05, 0.1) is 5.69 Å². The van der Waals surface area contributed by atoms with Crippen LogP contribution in [0.25, 0.3) is 11.4 Å². The molecule has 3 rings (SSSR count). The third-order valence-corrected chi connectivity index (χ3v) is 3.39. The highest BCUT2D eigenvalue weighted by Crippen LogP contribution is 2.35. The molecule has 0 bridgehead atoms. The average molecular weight is 309 g/mol. The molecule has 0 unspecified atom stereocenters. The lowest BCUT2D eigenvalue weighted by Gasteiger charge is -2.27. The van der Waals surface area contributed by atoms with Gasteiger partial charge in [0.25, 0.3) is 0 Å². The van der Waals surface area contributed by atoms with Crippen LogP contribution in [0.15, 0.2) is 30.6 Å². The quantitative estimate of drug-likeness (QED) is 0.919. The van der Waals surface area contributed by atoms with Crippen LogP contribution < -0.4 is 10.2 Å². The monoisotopic (exact) mass is 309 g/mol. The van der Waals surface area contributed by atoms with Crippen LogP contribution in [-0.4, -0.2) is 41.1 Å². The standard InChI is InChI=1S/C14H14F3N5/c15-14(16,17)10-9-20-13(22-7-5-18-6-8-22)21-12(10)11-3-1-2-4-19-11/h1-4,9,18H,5-8H2. The Kier molecular flexibility index (Phi) is 3.93. The van der Waals surface area contributed by atoms with Gasteiger partial charge in [0.1, 0.15) is 11.3 Å². The highest BCUT2D eigenvalue weighted by molar-refractivity contribution is 5.61. The Balaban J connectivity index is 2.06. The lowest BCUT2D eigenvalue weighted by molar-refractivity contribution is -0.137. The average Bonchev–Trinajstić information content (AvgIpc) is 2.55. The van der Waals surface area contributed by atoms with Crippen molar-refractivity contribution in [1.29, 1.82) is 0 Å². The second-order valence-electron chi connectivity index (χ2n) is 4.88. The van der Waals surface area contributed by atoms with Crippen molar-refractivity contribution in [1.82, 2.24) is 20.3 Å². The molecular weight excluding hydrogens is 295 g/mol. The van der Waals surface area contributed by atoms with Gasteiger partial charge in [-0.1, -0.05) is 6.07 Å². The number of hydrogen-bond acceptors (Lipinski definition) is 5. The van der Waals surface area contributed by atoms with E-state index in [0.29, 0.717) is 19.0 Å². The Labute approximate surface area is 125 Å². The number of hydrogen-bond donors (Lipinski definition) is 1. The lowest BCUT2D eigenvalue weighted by atomic mass is 10.1. The van der Waals surface area contributed by atoms with Crippen molar-refractivity contribution in [3.8, 4) is 11.4 Å². The molecule has 1 N–H and O–H groups in total. The lowest BCUT2D eigenvalue weighted by Crippen LogP contribution is -2.44. The number of piperazine rings is 1. The second kappa shape index (κ2) is 5.88. The van der Waals surface area contributed by atoms with Gasteiger partial charge in [-0.25, -0.2) is 9.97 Å². The van der Waals surface area contributed by atoms with Gasteiger partial charge in [-0.3, -0.25) is 4.98 Å². The molecule has 1 saturated heterocycles. The number of anilines is 1. The van der Waals surface area contributed by atoms with E-state index in [-0.39, 0.29) is 11.4 Å². The van der Waals surface area contributed by atoms with E-state index in [2.05, 4.69) is 20.3 Å². The summed E-state index contributed by atoms with van der Waals surface area (Å²) in [7, 11) is 0. The smallest absolute Gasteiger partial charge is 0.338 e. The molecule has 0 spiro atoms. The highest BCUT2D eigenvalue weighted by atomic mass is 19.4. The van der Waals surface area contributed by atoms with Gasteiger partial charge >= 0.3 is 6.18 Å². The number of nitrogens with one attached hydrogen (secondary N) is 1. The zero-order chi connectivity index (χ0) is 15.6. The molecule has 0 atom stereocenters. The summed E-state index contributed by atoms with van der Waals surface area (Å²) in [5.41, 5.74) is -0.865. The summed E-state index contributed by atoms with van der Waals surface area (Å²) >= 11 is 0. The van der Waals surface area contributed by atoms with Crippen molar-refractivity contribution in [2.75, 3.05) is 31.1 Å². The first-order valence-electron chi connectivity index (χ1n) is 6.87. The largest absolute Gasteiger partial charge is 0.420 e. The van der Waals surface area contributed by atoms with E-state index in [0.717, 1.165) is 19.3 Å². The fourth-order valence-electron chi connectivity index (χ4n) is 2.30. The van der Waals surface area contributed by atoms with Crippen molar-refractivity contribution >= 4 is 5.95 Å². The zero-order valence-electron chi connectivity index (χ0n) is 11.6. The molecule has 0 radical (unpaired) electrons. The van der Waals surface area contributed by atoms with Crippen molar-refractivity contribution in [3.05, 3.63) is 36.2 Å². The fourth-order valence-corrected chi connectivity index (χ4v) is 2.30. The number of halogens is 3. The summed E-state index contributed by atoms with van der Waals surface area (Å²) in [5, 5.41) is 3.18. The zero-order valence-corrected chi connectivity index (χ0v) is 11.6. The van der Waals surface area contributed by atoms with Gasteiger partial charge in [0.2, 0.25) is 5.95 Å². The first-order valence-corrected chi connectivity index (χ1v) is 6.87. The molecule has 1 aliphatic rings. The van der Waals surface area contributed by atoms with E-state index < -0.39 is 11.7 Å². The Hall–Kier alpha value is -2.22. The molecular formula is C14H14F3N5. The normalized spacial score (nSPS) is 15.9. The summed E-state index contributed by atoms with van der Waals surface area (Å²) in [4.78, 5) is 13.9. The van der Waals surface area contributed by atoms with E-state index in [9.17, 15) is 13.2 Å². The Morgan fingerprint density at radius 3 is 2.50 bits per heavy atom. The van der Waals surface area contributed by atoms with Gasteiger partial charge in [0.15, 0.2) is 0 Å². The third-order valence-electron chi connectivity index (χ3n) is 3.39. The summed E-state index contributed by atoms with van der Waals surface area (Å²) in [6.07, 6.45) is -2.23. The Morgan fingerprint density at radius 2 is 1.86 bits per heavy atom. The molecule has 2 aromatic heterocycles. The summed E-state index contributed by atoms with van der Waals surface area (Å²) < 4.78 is 39.5. The van der Waals surface area contributed by atoms with Crippen LogP contribution in [-0.2, 0) is 6.18 Å². The second-order valence-corrected chi connectivity index (χ2v) is 4.88. The SMILES string of the molecule is FC(F)(F)c1cnc(N2CCNCC2)nc1-c1ccccn1. The van der Waals surface area contributed by atoms with Gasteiger partial charge in [-0.05, 0) is 12.1 Å². The molecule has 8 heteroatoms. The van der Waals surface area contributed by atoms with Crippen LogP contribution in [0, 0.1) is 0 Å². The highest BCUT2D eigenvalue weighted by Gasteiger charge is 2.36. The maximum Gasteiger partial charge on any atom is 0.420 e. The predicted octanol–water partition coefficient (Wildman–Crippen LogP) is 1.97. The van der Waals surface area contributed by atoms with E-state index in [1.165, 1.54) is 12.3 Å². The molecule has 0 saturated carbocycles. The molecule has 22 heavy (non-hydrogen) atoms. The van der Waals surface area contributed by atoms with Gasteiger partial charge in [-0.2, -0.15) is 13.2 Å². The van der Waals surface area contributed by atoms with E-state index in [1.807, 2.05) is 4.90 Å². The first-order chi connectivity index (χ1) is 10.6. The summed E-state index contributed by atoms with van der Waals surface area (Å²) in [5.74, 6) is 0.301. The molecule has 5 nitrogen and oxygen atoms in total. The van der Waals surface area contributed by atoms with Crippen LogP contribution in [0.2, 0.25) is 0 Å². The number of rotatable bonds is 2. The minimum Gasteiger partial charge on any atom is -0.338 e. The van der Waals surface area contributed by atoms with Crippen LogP contribution in [0.3, 0.4) is 0 Å². The minimum absolute atomic E-state index is 0.184. The molecule has 0 aromatic carbocycles. The minimum atomic E-state index is -4.52. The van der Waals surface area contributed by atoms with Crippen LogP contribution in [0.5, 0.6) is 0 Å². The summed E-state index contributed by atoms with van der Waals surface area (Å²) in [6.45, 7) is 2.83. The number of pyridine rings is 1. The van der Waals surface area contributed by atoms with Gasteiger partial charge < -0.3 is 10.2 Å². The van der Waals surface area contributed by atoms with Crippen LogP contribution >= 0.6 is 0 Å². The first kappa shape index (κ1) is 14.7. The molecule has 2 aromatic rings. The van der Waals surface area contributed by atoms with E-state index >= 15 is 0 Å². The number of alkyl halides is 3. The van der Waals surface area contributed by atoms with Crippen molar-refractivity contribution in [3.63, 3.8) is 0 Å². The number of aromatic nitrogens is 3. The maximum absolute atomic E-state index is 13.2. The molecule has 1 aliphatic heterocycles. The van der Waals surface area contributed by atoms with E-state index in [4.69, 9.17) is 0 Å². The molecule has 0 aliphatic carbocycles. The topological polar surface area (TPSA) is 53.9 Å². The van der Waals surface area contributed by atoms with Crippen LogP contribution in [0.1, 0.15) is 5.56 Å². The van der Waals surface area contributed by atoms with Gasteiger partial charge in [-0.15, -0.1) is 0 Å². The molecule has 116 valence electrons. The number of nitrogens with zero attached hydrogens (tertiary/aromatic N) is 4. The fraction of sp³-hybridized carbons (Fsp3) is 0.357. The molecule has 3 heterocycles. The maximum atomic E-state index is 13.2. The third kappa shape index (κ3) is 3.01. The Morgan fingerprint density at radius 1 is 1.09 bits per heavy atom. The van der Waals surface area contributed by atoms with Crippen LogP contribution in [0.4, 0.5) is 19.1 Å². The summed E-state index contributed by atoms with van der Waals surface area (Å²) in [6, 6.07) is 4.80. The van der Waals surface area contributed by atoms with E-state index in [1.54, 1.807) is 12.1 Å². The van der Waals surface area contributed by atoms with Crippen molar-refractivity contribution < 1.29 is 13.2 Å². The van der Waals surface area contributed by atoms with Crippen molar-refractivity contribution in [2.24, 2.45) is 0 Å². The molecule has 1 fully saturated rings. The van der Waals surface area contributed by atoms with Crippen molar-refractivity contribution in [2.45, 2.75) is 6.18 Å².